The minimum absolute atomic E-state index is 0. The first-order valence-electron chi connectivity index (χ1n) is 2.98. The number of nitriles is 2. The lowest BCUT2D eigenvalue weighted by molar-refractivity contribution is 1.45. The fraction of sp³-hybridized carbons (Fsp3) is 0. The Morgan fingerprint density at radius 2 is 1.83 bits per heavy atom. The third kappa shape index (κ3) is 2.00. The monoisotopic (exact) mass is 190 g/mol. The molecule has 0 heterocycles. The fourth-order valence-electron chi connectivity index (χ4n) is 0.788. The molecule has 1 aromatic rings. The molecule has 56 valence electrons. The molecule has 0 saturated heterocycles. The van der Waals surface area contributed by atoms with Gasteiger partial charge in [0.15, 0.2) is 16.3 Å². The second kappa shape index (κ2) is 4.81. The number of hydrogen-bond donors (Lipinski definition) is 0. The molecule has 0 aliphatic carbocycles. The predicted molar refractivity (Wildman–Crippen MR) is 48.5 cm³/mol. The van der Waals surface area contributed by atoms with Crippen LogP contribution in [0.4, 0.5) is 0 Å². The molecular formula is C8H4AlClN2. The third-order valence-corrected chi connectivity index (χ3v) is 1.81. The van der Waals surface area contributed by atoms with Crippen molar-refractivity contribution >= 4 is 33.1 Å². The van der Waals surface area contributed by atoms with Gasteiger partial charge in [-0.05, 0) is 6.07 Å². The van der Waals surface area contributed by atoms with E-state index in [9.17, 15) is 0 Å². The van der Waals surface area contributed by atoms with E-state index in [0.29, 0.717) is 11.1 Å². The van der Waals surface area contributed by atoms with Gasteiger partial charge in [0, 0.05) is 0 Å². The van der Waals surface area contributed by atoms with Crippen LogP contribution in [0.25, 0.3) is 0 Å². The van der Waals surface area contributed by atoms with Gasteiger partial charge in [-0.2, -0.15) is 10.5 Å². The Balaban J connectivity index is 0.00000121. The predicted octanol–water partition coefficient (Wildman–Crippen LogP) is 0.646. The van der Waals surface area contributed by atoms with E-state index in [4.69, 9.17) is 10.5 Å². The molecule has 12 heavy (non-hydrogen) atoms. The van der Waals surface area contributed by atoms with Gasteiger partial charge in [-0.15, -0.1) is 16.8 Å². The highest BCUT2D eigenvalue weighted by molar-refractivity contribution is 6.34. The summed E-state index contributed by atoms with van der Waals surface area (Å²) in [4.78, 5) is 0. The van der Waals surface area contributed by atoms with Gasteiger partial charge in [0.2, 0.25) is 0 Å². The number of halogens is 1. The van der Waals surface area contributed by atoms with Crippen LogP contribution in [0.5, 0.6) is 0 Å². The van der Waals surface area contributed by atoms with Crippen LogP contribution < -0.4 is 4.43 Å². The fourth-order valence-corrected chi connectivity index (χ4v) is 1.12. The quantitative estimate of drug-likeness (QED) is 0.564. The van der Waals surface area contributed by atoms with Crippen molar-refractivity contribution in [3.05, 3.63) is 29.3 Å². The highest BCUT2D eigenvalue weighted by Crippen LogP contribution is 2.01. The molecule has 0 amide bonds. The van der Waals surface area contributed by atoms with Gasteiger partial charge in [0.1, 0.15) is 6.07 Å². The van der Waals surface area contributed by atoms with Crippen molar-refractivity contribution < 1.29 is 0 Å². The van der Waals surface area contributed by atoms with Gasteiger partial charge in [0.05, 0.1) is 17.2 Å². The zero-order chi connectivity index (χ0) is 8.27. The number of benzene rings is 1. The summed E-state index contributed by atoms with van der Waals surface area (Å²) in [5.74, 6) is 0. The first-order chi connectivity index (χ1) is 5.29. The molecule has 0 N–H and O–H groups in total. The lowest BCUT2D eigenvalue weighted by Gasteiger charge is -1.97. The molecule has 2 nitrogen and oxygen atoms in total. The number of rotatable bonds is 0. The smallest absolute Gasteiger partial charge is 0.177 e. The largest absolute Gasteiger partial charge is 0.192 e. The van der Waals surface area contributed by atoms with Crippen LogP contribution in [-0.4, -0.2) is 16.3 Å². The Labute approximate surface area is 85.3 Å². The molecule has 0 aliphatic rings. The van der Waals surface area contributed by atoms with Gasteiger partial charge in [-0.25, -0.2) is 0 Å². The SMILES string of the molecule is Cl.N#Cc1ccc[c]([Al])c1C#N. The number of hydrogen-bond acceptors (Lipinski definition) is 2. The molecule has 1 rings (SSSR count). The maximum atomic E-state index is 8.62. The Bertz CT molecular complexity index is 362. The second-order valence-corrected chi connectivity index (χ2v) is 2.62. The topological polar surface area (TPSA) is 47.6 Å². The van der Waals surface area contributed by atoms with Crippen LogP contribution in [0.2, 0.25) is 0 Å². The van der Waals surface area contributed by atoms with Gasteiger partial charge < -0.3 is 0 Å². The average molecular weight is 191 g/mol. The van der Waals surface area contributed by atoms with Crippen LogP contribution in [0, 0.1) is 22.7 Å². The highest BCUT2D eigenvalue weighted by Gasteiger charge is 2.00. The normalized spacial score (nSPS) is 7.50. The molecule has 0 spiro atoms. The van der Waals surface area contributed by atoms with Crippen molar-refractivity contribution in [2.24, 2.45) is 0 Å². The molecule has 0 saturated carbocycles. The Morgan fingerprint density at radius 3 is 2.25 bits per heavy atom. The minimum Gasteiger partial charge on any atom is -0.192 e. The van der Waals surface area contributed by atoms with Crippen LogP contribution in [0.3, 0.4) is 0 Å². The summed E-state index contributed by atoms with van der Waals surface area (Å²) in [6, 6.07) is 9.09. The van der Waals surface area contributed by atoms with Crippen LogP contribution in [0.15, 0.2) is 18.2 Å². The molecule has 0 aliphatic heterocycles. The van der Waals surface area contributed by atoms with Crippen LogP contribution in [-0.2, 0) is 0 Å². The minimum atomic E-state index is 0. The lowest BCUT2D eigenvalue weighted by atomic mass is 10.1. The van der Waals surface area contributed by atoms with E-state index in [1.54, 1.807) is 18.2 Å². The zero-order valence-electron chi connectivity index (χ0n) is 6.11. The molecule has 1 aromatic carbocycles. The van der Waals surface area contributed by atoms with E-state index in [0.717, 1.165) is 4.43 Å². The summed E-state index contributed by atoms with van der Waals surface area (Å²) >= 11 is 2.42. The van der Waals surface area contributed by atoms with Crippen molar-refractivity contribution in [1.82, 2.24) is 0 Å². The molecule has 0 bridgehead atoms. The van der Waals surface area contributed by atoms with Gasteiger partial charge in [-0.1, -0.05) is 12.1 Å². The third-order valence-electron chi connectivity index (χ3n) is 1.33. The summed E-state index contributed by atoms with van der Waals surface area (Å²) in [6.45, 7) is 0. The van der Waals surface area contributed by atoms with Gasteiger partial charge in [0.25, 0.3) is 0 Å². The van der Waals surface area contributed by atoms with Gasteiger partial charge >= 0.3 is 0 Å². The Morgan fingerprint density at radius 1 is 1.17 bits per heavy atom. The summed E-state index contributed by atoms with van der Waals surface area (Å²) in [6.07, 6.45) is 0. The molecular weight excluding hydrogens is 187 g/mol. The van der Waals surface area contributed by atoms with Crippen molar-refractivity contribution in [2.75, 3.05) is 0 Å². The zero-order valence-corrected chi connectivity index (χ0v) is 8.08. The van der Waals surface area contributed by atoms with E-state index >= 15 is 0 Å². The molecule has 0 fully saturated rings. The molecule has 0 aromatic heterocycles. The maximum Gasteiger partial charge on any atom is 0.177 e. The highest BCUT2D eigenvalue weighted by atomic mass is 35.5. The second-order valence-electron chi connectivity index (χ2n) is 1.99. The van der Waals surface area contributed by atoms with Crippen molar-refractivity contribution in [2.45, 2.75) is 0 Å². The first-order valence-corrected chi connectivity index (χ1v) is 3.56. The summed E-state index contributed by atoms with van der Waals surface area (Å²) in [7, 11) is 0. The first kappa shape index (κ1) is 11.0. The maximum absolute atomic E-state index is 8.62. The van der Waals surface area contributed by atoms with E-state index in [-0.39, 0.29) is 12.4 Å². The lowest BCUT2D eigenvalue weighted by Crippen LogP contribution is -2.08. The summed E-state index contributed by atoms with van der Waals surface area (Å²) in [5.41, 5.74) is 0.875. The molecule has 2 radical (unpaired) electrons. The molecule has 0 unspecified atom stereocenters. The van der Waals surface area contributed by atoms with Gasteiger partial charge in [-0.3, -0.25) is 0 Å². The Kier molecular flexibility index (Phi) is 4.42. The number of nitrogens with zero attached hydrogens (tertiary/aromatic N) is 2. The van der Waals surface area contributed by atoms with E-state index in [1.807, 2.05) is 12.1 Å². The van der Waals surface area contributed by atoms with Crippen LogP contribution in [0.1, 0.15) is 11.1 Å². The Hall–Kier alpha value is -0.978. The van der Waals surface area contributed by atoms with E-state index < -0.39 is 0 Å². The standard InChI is InChI=1S/C8H3N2.Al.ClH/c9-5-7-3-1-2-4-8(7)6-10;;/h1-3H;;1H. The van der Waals surface area contributed by atoms with Crippen molar-refractivity contribution in [3.8, 4) is 12.1 Å². The summed E-state index contributed by atoms with van der Waals surface area (Å²) in [5, 5.41) is 17.2. The van der Waals surface area contributed by atoms with Crippen molar-refractivity contribution in [1.29, 1.82) is 10.5 Å². The average Bonchev–Trinajstić information content (AvgIpc) is 2.04. The molecule has 4 heteroatoms. The summed E-state index contributed by atoms with van der Waals surface area (Å²) < 4.78 is 0.770. The van der Waals surface area contributed by atoms with Crippen molar-refractivity contribution in [3.63, 3.8) is 0 Å². The van der Waals surface area contributed by atoms with Crippen LogP contribution >= 0.6 is 12.4 Å². The van der Waals surface area contributed by atoms with E-state index in [1.165, 1.54) is 0 Å². The molecule has 0 atom stereocenters. The van der Waals surface area contributed by atoms with E-state index in [2.05, 4.69) is 16.3 Å².